The maximum absolute atomic E-state index is 13.4. The molecule has 1 heterocycles. The predicted molar refractivity (Wildman–Crippen MR) is 149 cm³/mol. The molecule has 8 atom stereocenters. The lowest BCUT2D eigenvalue weighted by Crippen LogP contribution is -2.66. The minimum atomic E-state index is -1.60. The molecule has 0 bridgehead atoms. The van der Waals surface area contributed by atoms with Crippen LogP contribution in [0.25, 0.3) is 0 Å². The van der Waals surface area contributed by atoms with Crippen molar-refractivity contribution in [3.63, 3.8) is 0 Å². The van der Waals surface area contributed by atoms with E-state index in [4.69, 9.17) is 30.8 Å². The fraction of sp³-hybridized carbons (Fsp3) is 0.643. The van der Waals surface area contributed by atoms with Crippen LogP contribution in [-0.2, 0) is 40.0 Å². The van der Waals surface area contributed by atoms with E-state index in [1.165, 1.54) is 6.92 Å². The second kappa shape index (κ2) is 15.9. The van der Waals surface area contributed by atoms with Gasteiger partial charge < -0.3 is 51.6 Å². The van der Waals surface area contributed by atoms with Crippen molar-refractivity contribution in [1.82, 2.24) is 10.6 Å². The maximum Gasteiger partial charge on any atom is 0.303 e. The molecule has 0 saturated carbocycles. The number of nitrogens with one attached hydrogen (secondary N) is 2. The molecule has 1 saturated heterocycles. The van der Waals surface area contributed by atoms with Gasteiger partial charge in [0.25, 0.3) is 0 Å². The Labute approximate surface area is 245 Å². The van der Waals surface area contributed by atoms with Crippen LogP contribution >= 0.6 is 0 Å². The summed E-state index contributed by atoms with van der Waals surface area (Å²) in [6, 6.07) is 6.86. The normalized spacial score (nSPS) is 25.2. The van der Waals surface area contributed by atoms with E-state index < -0.39 is 84.5 Å². The number of hydrogen-bond donors (Lipinski definition) is 7. The largest absolute Gasteiger partial charge is 0.481 e. The number of carbonyl (C=O) groups is 4. The molecule has 42 heavy (non-hydrogen) atoms. The summed E-state index contributed by atoms with van der Waals surface area (Å²) in [6.45, 7) is 5.91. The minimum Gasteiger partial charge on any atom is -0.481 e. The Balaban J connectivity index is 2.31. The van der Waals surface area contributed by atoms with Crippen LogP contribution in [0, 0.1) is 5.92 Å². The van der Waals surface area contributed by atoms with Crippen molar-refractivity contribution < 1.29 is 48.7 Å². The Morgan fingerprint density at radius 1 is 1.12 bits per heavy atom. The van der Waals surface area contributed by atoms with Crippen molar-refractivity contribution in [2.45, 2.75) is 102 Å². The zero-order chi connectivity index (χ0) is 31.6. The predicted octanol–water partition coefficient (Wildman–Crippen LogP) is -0.862. The van der Waals surface area contributed by atoms with Crippen molar-refractivity contribution in [3.05, 3.63) is 35.9 Å². The molecular weight excluding hydrogens is 552 g/mol. The summed E-state index contributed by atoms with van der Waals surface area (Å²) < 4.78 is 18.0. The molecule has 1 unspecified atom stereocenters. The molecule has 1 fully saturated rings. The SMILES string of the molecule is CC(=O)N[C@@H]1[C@@H](OC(C)C[C@@](N)(C(=O)N[C@H](CCC(=O)O)C(N)=O)C(C)C)[C@H](OCc2ccccc2)[C@@H](CO)O[C@@H]1O. The number of aliphatic carboxylic acids is 1. The summed E-state index contributed by atoms with van der Waals surface area (Å²) in [4.78, 5) is 48.2. The lowest BCUT2D eigenvalue weighted by molar-refractivity contribution is -0.279. The first-order valence-electron chi connectivity index (χ1n) is 13.8. The van der Waals surface area contributed by atoms with E-state index in [2.05, 4.69) is 10.6 Å². The van der Waals surface area contributed by atoms with Gasteiger partial charge in [-0.2, -0.15) is 0 Å². The zero-order valence-electron chi connectivity index (χ0n) is 24.4. The van der Waals surface area contributed by atoms with Gasteiger partial charge in [0.2, 0.25) is 17.7 Å². The lowest BCUT2D eigenvalue weighted by Gasteiger charge is -2.46. The first-order valence-corrected chi connectivity index (χ1v) is 13.8. The molecule has 9 N–H and O–H groups in total. The van der Waals surface area contributed by atoms with E-state index in [0.29, 0.717) is 0 Å². The molecular formula is C28H44N4O10. The van der Waals surface area contributed by atoms with Gasteiger partial charge in [0, 0.05) is 19.8 Å². The Morgan fingerprint density at radius 3 is 2.29 bits per heavy atom. The quantitative estimate of drug-likeness (QED) is 0.124. The fourth-order valence-corrected chi connectivity index (χ4v) is 4.81. The second-order valence-corrected chi connectivity index (χ2v) is 10.9. The van der Waals surface area contributed by atoms with E-state index in [9.17, 15) is 29.4 Å². The fourth-order valence-electron chi connectivity index (χ4n) is 4.81. The van der Waals surface area contributed by atoms with Crippen molar-refractivity contribution in [2.75, 3.05) is 6.61 Å². The Morgan fingerprint density at radius 2 is 1.76 bits per heavy atom. The molecule has 236 valence electrons. The summed E-state index contributed by atoms with van der Waals surface area (Å²) in [7, 11) is 0. The van der Waals surface area contributed by atoms with Gasteiger partial charge in [-0.1, -0.05) is 44.2 Å². The smallest absolute Gasteiger partial charge is 0.303 e. The monoisotopic (exact) mass is 596 g/mol. The van der Waals surface area contributed by atoms with Crippen LogP contribution in [0.4, 0.5) is 0 Å². The number of carbonyl (C=O) groups excluding carboxylic acids is 3. The first-order chi connectivity index (χ1) is 19.7. The highest BCUT2D eigenvalue weighted by Gasteiger charge is 2.49. The first kappa shape index (κ1) is 35.1. The molecule has 0 aliphatic carbocycles. The van der Waals surface area contributed by atoms with Crippen molar-refractivity contribution in [2.24, 2.45) is 17.4 Å². The number of hydrogen-bond acceptors (Lipinski definition) is 10. The molecule has 0 spiro atoms. The maximum atomic E-state index is 13.4. The van der Waals surface area contributed by atoms with E-state index in [0.717, 1.165) is 5.56 Å². The number of amides is 3. The van der Waals surface area contributed by atoms with Gasteiger partial charge in [-0.15, -0.1) is 0 Å². The van der Waals surface area contributed by atoms with Crippen LogP contribution in [0.15, 0.2) is 30.3 Å². The highest BCUT2D eigenvalue weighted by atomic mass is 16.6. The number of ether oxygens (including phenoxy) is 3. The minimum absolute atomic E-state index is 0.0870. The third kappa shape index (κ3) is 9.71. The number of aliphatic hydroxyl groups excluding tert-OH is 2. The van der Waals surface area contributed by atoms with E-state index in [1.54, 1.807) is 20.8 Å². The third-order valence-electron chi connectivity index (χ3n) is 7.26. The second-order valence-electron chi connectivity index (χ2n) is 10.9. The topological polar surface area (TPSA) is 233 Å². The lowest BCUT2D eigenvalue weighted by atomic mass is 9.81. The summed E-state index contributed by atoms with van der Waals surface area (Å²) in [5, 5.41) is 34.8. The van der Waals surface area contributed by atoms with Gasteiger partial charge in [-0.3, -0.25) is 19.2 Å². The van der Waals surface area contributed by atoms with E-state index >= 15 is 0 Å². The summed E-state index contributed by atoms with van der Waals surface area (Å²) >= 11 is 0. The van der Waals surface area contributed by atoms with Gasteiger partial charge in [-0.25, -0.2) is 0 Å². The number of benzene rings is 1. The summed E-state index contributed by atoms with van der Waals surface area (Å²) in [5.74, 6) is -3.72. The van der Waals surface area contributed by atoms with Gasteiger partial charge in [0.15, 0.2) is 6.29 Å². The number of nitrogens with two attached hydrogens (primary N) is 2. The number of carboxylic acid groups (broad SMARTS) is 1. The summed E-state index contributed by atoms with van der Waals surface area (Å²) in [6.07, 6.45) is -6.01. The molecule has 0 aromatic heterocycles. The molecule has 14 heteroatoms. The van der Waals surface area contributed by atoms with E-state index in [-0.39, 0.29) is 25.9 Å². The molecule has 1 aromatic rings. The molecule has 3 amide bonds. The Kier molecular flexibility index (Phi) is 13.3. The van der Waals surface area contributed by atoms with Crippen LogP contribution in [0.1, 0.15) is 52.5 Å². The molecule has 1 aliphatic rings. The average Bonchev–Trinajstić information content (AvgIpc) is 2.91. The number of rotatable bonds is 16. The van der Waals surface area contributed by atoms with Crippen molar-refractivity contribution >= 4 is 23.7 Å². The number of carboxylic acids is 1. The highest BCUT2D eigenvalue weighted by Crippen LogP contribution is 2.30. The number of aliphatic hydroxyl groups is 2. The summed E-state index contributed by atoms with van der Waals surface area (Å²) in [5.41, 5.74) is 11.2. The molecule has 0 radical (unpaired) electrons. The van der Waals surface area contributed by atoms with Gasteiger partial charge in [0.1, 0.15) is 35.9 Å². The Hall–Kier alpha value is -3.14. The van der Waals surface area contributed by atoms with Gasteiger partial charge in [0.05, 0.1) is 19.3 Å². The van der Waals surface area contributed by atoms with Crippen LogP contribution in [0.2, 0.25) is 0 Å². The third-order valence-corrected chi connectivity index (χ3v) is 7.26. The molecule has 14 nitrogen and oxygen atoms in total. The van der Waals surface area contributed by atoms with Gasteiger partial charge in [-0.05, 0) is 24.8 Å². The van der Waals surface area contributed by atoms with Crippen LogP contribution in [-0.4, -0.2) is 93.9 Å². The Bertz CT molecular complexity index is 1060. The number of primary amides is 1. The van der Waals surface area contributed by atoms with Crippen LogP contribution in [0.5, 0.6) is 0 Å². The highest BCUT2D eigenvalue weighted by molar-refractivity contribution is 5.91. The van der Waals surface area contributed by atoms with E-state index in [1.807, 2.05) is 30.3 Å². The van der Waals surface area contributed by atoms with Gasteiger partial charge >= 0.3 is 5.97 Å². The molecule has 1 aromatic carbocycles. The molecule has 1 aliphatic heterocycles. The zero-order valence-corrected chi connectivity index (χ0v) is 24.4. The molecule has 2 rings (SSSR count). The standard InChI is InChI=1S/C28H44N4O10/c1-15(2)28(30,27(39)32-19(25(29)37)10-11-21(35)36)12-16(3)41-24-22(31-17(4)34)26(38)42-20(13-33)23(24)40-14-18-8-6-5-7-9-18/h5-9,15-16,19-20,22-24,26,33,38H,10-14,30H2,1-4H3,(H2,29,37)(H,31,34)(H,32,39)(H,35,36)/t16?,19-,20-,22-,23-,24-,26+,28+/m1/s1. The van der Waals surface area contributed by atoms with Crippen LogP contribution in [0.3, 0.4) is 0 Å². The van der Waals surface area contributed by atoms with Crippen molar-refractivity contribution in [1.29, 1.82) is 0 Å². The van der Waals surface area contributed by atoms with Crippen LogP contribution < -0.4 is 22.1 Å². The van der Waals surface area contributed by atoms with Crippen molar-refractivity contribution in [3.8, 4) is 0 Å². The average molecular weight is 597 g/mol.